The van der Waals surface area contributed by atoms with Gasteiger partial charge in [-0.2, -0.15) is 5.10 Å². The van der Waals surface area contributed by atoms with Crippen molar-refractivity contribution in [3.8, 4) is 22.3 Å². The zero-order valence-electron chi connectivity index (χ0n) is 25.2. The number of piperazine rings is 1. The van der Waals surface area contributed by atoms with Gasteiger partial charge in [0, 0.05) is 88.1 Å². The van der Waals surface area contributed by atoms with E-state index in [1.165, 1.54) is 5.56 Å². The first kappa shape index (κ1) is 29.3. The number of carbonyl (C=O) groups excluding carboxylic acids is 2. The molecule has 228 valence electrons. The highest BCUT2D eigenvalue weighted by Gasteiger charge is 2.28. The minimum absolute atomic E-state index is 0.160. The molecule has 0 saturated carbocycles. The normalized spacial score (nSPS) is 17.5. The van der Waals surface area contributed by atoms with Gasteiger partial charge in [0.15, 0.2) is 0 Å². The number of aromatic nitrogens is 3. The Morgan fingerprint density at radius 1 is 0.909 bits per heavy atom. The molecule has 4 heterocycles. The molecule has 0 bridgehead atoms. The lowest BCUT2D eigenvalue weighted by Gasteiger charge is -2.32. The lowest BCUT2D eigenvalue weighted by Crippen LogP contribution is -2.43. The van der Waals surface area contributed by atoms with Crippen molar-refractivity contribution in [1.29, 1.82) is 0 Å². The molecule has 1 atom stereocenters. The fourth-order valence-electron chi connectivity index (χ4n) is 5.80. The Bertz CT molecular complexity index is 1640. The van der Waals surface area contributed by atoms with Crippen LogP contribution in [0.4, 0.5) is 16.3 Å². The Morgan fingerprint density at radius 3 is 2.45 bits per heavy atom. The molecule has 0 aliphatic carbocycles. The number of likely N-dealkylation sites (N-methyl/N-ethyl adjacent to an activating group) is 1. The summed E-state index contributed by atoms with van der Waals surface area (Å²) in [7, 11) is 4.00. The molecule has 2 aromatic carbocycles. The van der Waals surface area contributed by atoms with Crippen molar-refractivity contribution >= 4 is 23.4 Å². The fourth-order valence-corrected chi connectivity index (χ4v) is 5.80. The minimum Gasteiger partial charge on any atom is -0.383 e. The van der Waals surface area contributed by atoms with Gasteiger partial charge in [-0.05, 0) is 54.4 Å². The maximum atomic E-state index is 13.2. The van der Waals surface area contributed by atoms with Gasteiger partial charge in [0.2, 0.25) is 0 Å². The highest BCUT2D eigenvalue weighted by molar-refractivity contribution is 5.99. The largest absolute Gasteiger partial charge is 0.383 e. The van der Waals surface area contributed by atoms with Crippen molar-refractivity contribution in [2.24, 2.45) is 7.05 Å². The minimum atomic E-state index is -0.310. The number of nitrogens with zero attached hydrogens (tertiary/aromatic N) is 6. The van der Waals surface area contributed by atoms with Crippen LogP contribution in [0.1, 0.15) is 22.3 Å². The lowest BCUT2D eigenvalue weighted by molar-refractivity contribution is 0.0938. The average molecular weight is 594 g/mol. The smallest absolute Gasteiger partial charge is 0.321 e. The van der Waals surface area contributed by atoms with Crippen LogP contribution in [-0.2, 0) is 13.6 Å². The number of urea groups is 1. The quantitative estimate of drug-likeness (QED) is 0.300. The van der Waals surface area contributed by atoms with E-state index in [0.717, 1.165) is 60.7 Å². The molecule has 44 heavy (non-hydrogen) atoms. The lowest BCUT2D eigenvalue weighted by atomic mass is 10.0. The van der Waals surface area contributed by atoms with Crippen LogP contribution in [0.2, 0.25) is 0 Å². The molecule has 6 rings (SSSR count). The van der Waals surface area contributed by atoms with Crippen molar-refractivity contribution < 1.29 is 9.59 Å². The molecule has 0 unspecified atom stereocenters. The summed E-state index contributed by atoms with van der Waals surface area (Å²) >= 11 is 0. The van der Waals surface area contributed by atoms with E-state index in [2.05, 4.69) is 67.9 Å². The van der Waals surface area contributed by atoms with Crippen LogP contribution < -0.4 is 16.4 Å². The first-order chi connectivity index (χ1) is 21.3. The van der Waals surface area contributed by atoms with E-state index in [1.54, 1.807) is 28.0 Å². The molecule has 2 fully saturated rings. The molecular weight excluding hydrogens is 554 g/mol. The Hall–Kier alpha value is -4.74. The molecule has 2 aromatic heterocycles. The summed E-state index contributed by atoms with van der Waals surface area (Å²) in [5.74, 6) is -0.150. The first-order valence-electron chi connectivity index (χ1n) is 15.0. The third-order valence-electron chi connectivity index (χ3n) is 8.39. The molecule has 0 radical (unpaired) electrons. The summed E-state index contributed by atoms with van der Waals surface area (Å²) in [5.41, 5.74) is 12.1. The number of amides is 3. The number of hydrogen-bond donors (Lipinski definition) is 3. The van der Waals surface area contributed by atoms with Crippen molar-refractivity contribution in [3.05, 3.63) is 84.3 Å². The standard InChI is InChI=1S/C33H39N9O2/c1-39-11-13-41(14-12-39)20-23-5-3-6-24(15-23)25-7-4-8-28(16-25)38-33(44)42-10-9-29(22-42)37-32(43)30-17-26(18-35-31(30)34)27-19-36-40(2)21-27/h3-8,15-19,21,29H,9-14,20,22H2,1-2H3,(H2,34,35)(H,37,43)(H,38,44)/t29-/m1/s1. The number of anilines is 2. The van der Waals surface area contributed by atoms with Crippen LogP contribution >= 0.6 is 0 Å². The molecule has 11 nitrogen and oxygen atoms in total. The van der Waals surface area contributed by atoms with Crippen molar-refractivity contribution in [3.63, 3.8) is 0 Å². The van der Waals surface area contributed by atoms with E-state index < -0.39 is 0 Å². The predicted molar refractivity (Wildman–Crippen MR) is 172 cm³/mol. The van der Waals surface area contributed by atoms with Gasteiger partial charge >= 0.3 is 6.03 Å². The van der Waals surface area contributed by atoms with E-state index in [9.17, 15) is 9.59 Å². The number of nitrogens with two attached hydrogens (primary N) is 1. The zero-order valence-corrected chi connectivity index (χ0v) is 25.2. The molecule has 2 aliphatic rings. The van der Waals surface area contributed by atoms with Gasteiger partial charge < -0.3 is 26.2 Å². The predicted octanol–water partition coefficient (Wildman–Crippen LogP) is 3.51. The number of hydrogen-bond acceptors (Lipinski definition) is 7. The van der Waals surface area contributed by atoms with Gasteiger partial charge in [0.1, 0.15) is 5.82 Å². The number of benzene rings is 2. The summed E-state index contributed by atoms with van der Waals surface area (Å²) in [6, 6.07) is 17.9. The Labute approximate surface area is 257 Å². The number of nitrogens with one attached hydrogen (secondary N) is 2. The summed E-state index contributed by atoms with van der Waals surface area (Å²) in [5, 5.41) is 10.3. The molecule has 4 N–H and O–H groups in total. The Kier molecular flexibility index (Phi) is 8.58. The molecular formula is C33H39N9O2. The van der Waals surface area contributed by atoms with Gasteiger partial charge in [-0.25, -0.2) is 9.78 Å². The second-order valence-electron chi connectivity index (χ2n) is 11.8. The third-order valence-corrected chi connectivity index (χ3v) is 8.39. The molecule has 2 aliphatic heterocycles. The van der Waals surface area contributed by atoms with Crippen LogP contribution in [-0.4, -0.2) is 93.8 Å². The van der Waals surface area contributed by atoms with Crippen molar-refractivity contribution in [1.82, 2.24) is 34.8 Å². The topological polar surface area (TPSA) is 125 Å². The van der Waals surface area contributed by atoms with Crippen LogP contribution in [0.3, 0.4) is 0 Å². The summed E-state index contributed by atoms with van der Waals surface area (Å²) < 4.78 is 1.69. The van der Waals surface area contributed by atoms with Crippen molar-refractivity contribution in [2.75, 3.05) is 57.4 Å². The summed E-state index contributed by atoms with van der Waals surface area (Å²) in [6.45, 7) is 6.22. The van der Waals surface area contributed by atoms with Crippen LogP contribution in [0.25, 0.3) is 22.3 Å². The van der Waals surface area contributed by atoms with Crippen molar-refractivity contribution in [2.45, 2.75) is 19.0 Å². The van der Waals surface area contributed by atoms with Crippen LogP contribution in [0.15, 0.2) is 73.2 Å². The maximum absolute atomic E-state index is 13.2. The van der Waals surface area contributed by atoms with E-state index in [0.29, 0.717) is 25.1 Å². The van der Waals surface area contributed by atoms with E-state index in [4.69, 9.17) is 5.73 Å². The summed E-state index contributed by atoms with van der Waals surface area (Å²) in [6.07, 6.45) is 5.84. The number of likely N-dealkylation sites (tertiary alicyclic amines) is 1. The van der Waals surface area contributed by atoms with Gasteiger partial charge in [-0.3, -0.25) is 14.4 Å². The molecule has 3 amide bonds. The molecule has 4 aromatic rings. The second-order valence-corrected chi connectivity index (χ2v) is 11.8. The number of pyridine rings is 1. The van der Waals surface area contributed by atoms with Gasteiger partial charge in [0.25, 0.3) is 5.91 Å². The summed E-state index contributed by atoms with van der Waals surface area (Å²) in [4.78, 5) is 37.1. The highest BCUT2D eigenvalue weighted by Crippen LogP contribution is 2.26. The maximum Gasteiger partial charge on any atom is 0.321 e. The van der Waals surface area contributed by atoms with Gasteiger partial charge in [-0.15, -0.1) is 0 Å². The third kappa shape index (κ3) is 6.90. The second kappa shape index (κ2) is 12.9. The molecule has 11 heteroatoms. The van der Waals surface area contributed by atoms with Gasteiger partial charge in [-0.1, -0.05) is 30.3 Å². The van der Waals surface area contributed by atoms with E-state index in [1.807, 2.05) is 31.4 Å². The van der Waals surface area contributed by atoms with Crippen LogP contribution in [0.5, 0.6) is 0 Å². The van der Waals surface area contributed by atoms with Crippen LogP contribution in [0, 0.1) is 0 Å². The zero-order chi connectivity index (χ0) is 30.6. The Balaban J connectivity index is 1.05. The average Bonchev–Trinajstić information content (AvgIpc) is 3.68. The number of nitrogen functional groups attached to an aromatic ring is 1. The van der Waals surface area contributed by atoms with Gasteiger partial charge in [0.05, 0.1) is 11.8 Å². The number of carbonyl (C=O) groups is 2. The fraction of sp³-hybridized carbons (Fsp3) is 0.333. The first-order valence-corrected chi connectivity index (χ1v) is 15.0. The molecule has 2 saturated heterocycles. The monoisotopic (exact) mass is 593 g/mol. The Morgan fingerprint density at radius 2 is 1.68 bits per heavy atom. The number of aryl methyl sites for hydroxylation is 1. The van der Waals surface area contributed by atoms with E-state index in [-0.39, 0.29) is 23.8 Å². The van der Waals surface area contributed by atoms with E-state index >= 15 is 0 Å². The highest BCUT2D eigenvalue weighted by atomic mass is 16.2. The SMILES string of the molecule is CN1CCN(Cc2cccc(-c3cccc(NC(=O)N4CC[C@@H](NC(=O)c5cc(-c6cnn(C)c6)cnc5N)C4)c3)c2)CC1. The molecule has 0 spiro atoms. The number of rotatable bonds is 7.